The van der Waals surface area contributed by atoms with Gasteiger partial charge >= 0.3 is 5.97 Å². The highest BCUT2D eigenvalue weighted by Gasteiger charge is 2.27. The number of rotatable bonds is 7. The highest BCUT2D eigenvalue weighted by molar-refractivity contribution is 7.17. The Labute approximate surface area is 163 Å². The molecule has 0 aliphatic heterocycles. The number of benzene rings is 1. The van der Waals surface area contributed by atoms with Crippen LogP contribution in [0.3, 0.4) is 0 Å². The number of hydrogen-bond donors (Lipinski definition) is 1. The van der Waals surface area contributed by atoms with Crippen LogP contribution in [0, 0.1) is 0 Å². The van der Waals surface area contributed by atoms with Crippen LogP contribution in [0.5, 0.6) is 5.75 Å². The highest BCUT2D eigenvalue weighted by Crippen LogP contribution is 2.38. The molecule has 1 heterocycles. The number of esters is 1. The van der Waals surface area contributed by atoms with Crippen LogP contribution in [0.1, 0.15) is 39.2 Å². The Kier molecular flexibility index (Phi) is 6.29. The quantitative estimate of drug-likeness (QED) is 0.574. The van der Waals surface area contributed by atoms with Gasteiger partial charge in [0.25, 0.3) is 5.91 Å². The molecule has 1 N–H and O–H groups in total. The summed E-state index contributed by atoms with van der Waals surface area (Å²) < 4.78 is 10.6. The van der Waals surface area contributed by atoms with Crippen LogP contribution < -0.4 is 10.1 Å². The van der Waals surface area contributed by atoms with Crippen LogP contribution in [-0.4, -0.2) is 25.6 Å². The molecule has 2 aromatic rings. The number of anilines is 1. The number of carbonyl (C=O) groups is 2. The van der Waals surface area contributed by atoms with Crippen molar-refractivity contribution in [2.24, 2.45) is 0 Å². The van der Waals surface area contributed by atoms with Crippen molar-refractivity contribution < 1.29 is 19.1 Å². The van der Waals surface area contributed by atoms with E-state index in [-0.39, 0.29) is 12.5 Å². The molecule has 0 saturated heterocycles. The second-order valence-corrected chi connectivity index (χ2v) is 7.45. The minimum absolute atomic E-state index is 0.128. The molecule has 27 heavy (non-hydrogen) atoms. The third kappa shape index (κ3) is 4.39. The first-order valence-corrected chi connectivity index (χ1v) is 9.80. The summed E-state index contributed by atoms with van der Waals surface area (Å²) in [5.41, 5.74) is 2.49. The van der Waals surface area contributed by atoms with Crippen molar-refractivity contribution in [3.63, 3.8) is 0 Å². The number of fused-ring (bicyclic) bond motifs is 1. The van der Waals surface area contributed by atoms with Gasteiger partial charge in [0.2, 0.25) is 0 Å². The summed E-state index contributed by atoms with van der Waals surface area (Å²) in [6, 6.07) is 7.56. The molecule has 0 spiro atoms. The Balaban J connectivity index is 1.72. The third-order valence-corrected chi connectivity index (χ3v) is 5.72. The molecule has 0 radical (unpaired) electrons. The molecule has 1 aliphatic rings. The number of para-hydroxylation sites is 1. The average Bonchev–Trinajstić information content (AvgIpc) is 3.04. The van der Waals surface area contributed by atoms with Crippen LogP contribution in [0.2, 0.25) is 0 Å². The van der Waals surface area contributed by atoms with Crippen molar-refractivity contribution in [3.8, 4) is 5.75 Å². The van der Waals surface area contributed by atoms with Gasteiger partial charge in [0, 0.05) is 4.88 Å². The van der Waals surface area contributed by atoms with Gasteiger partial charge in [0.15, 0.2) is 6.61 Å². The van der Waals surface area contributed by atoms with E-state index in [1.165, 1.54) is 18.4 Å². The summed E-state index contributed by atoms with van der Waals surface area (Å²) in [6.45, 7) is 3.61. The number of carbonyl (C=O) groups excluding carboxylic acids is 2. The topological polar surface area (TPSA) is 64.6 Å². The largest absolute Gasteiger partial charge is 0.483 e. The van der Waals surface area contributed by atoms with Gasteiger partial charge in [-0.05, 0) is 49.3 Å². The minimum Gasteiger partial charge on any atom is -0.483 e. The molecule has 3 rings (SSSR count). The molecule has 1 aromatic heterocycles. The maximum Gasteiger partial charge on any atom is 0.341 e. The number of thiophene rings is 1. The molecule has 0 saturated carbocycles. The van der Waals surface area contributed by atoms with Gasteiger partial charge in [-0.2, -0.15) is 0 Å². The molecule has 1 amide bonds. The summed E-state index contributed by atoms with van der Waals surface area (Å²) in [5.74, 6) is -0.0414. The first-order chi connectivity index (χ1) is 13.1. The van der Waals surface area contributed by atoms with Crippen LogP contribution in [0.4, 0.5) is 5.00 Å². The smallest absolute Gasteiger partial charge is 0.341 e. The molecule has 6 heteroatoms. The van der Waals surface area contributed by atoms with E-state index in [2.05, 4.69) is 11.9 Å². The van der Waals surface area contributed by atoms with Crippen molar-refractivity contribution >= 4 is 28.2 Å². The summed E-state index contributed by atoms with van der Waals surface area (Å²) in [7, 11) is 1.36. The Morgan fingerprint density at radius 2 is 2.04 bits per heavy atom. The second-order valence-electron chi connectivity index (χ2n) is 6.34. The fourth-order valence-corrected chi connectivity index (χ4v) is 4.54. The van der Waals surface area contributed by atoms with Crippen molar-refractivity contribution in [1.29, 1.82) is 0 Å². The monoisotopic (exact) mass is 385 g/mol. The van der Waals surface area contributed by atoms with E-state index in [1.807, 2.05) is 24.3 Å². The Hall–Kier alpha value is -2.60. The highest BCUT2D eigenvalue weighted by atomic mass is 32.1. The van der Waals surface area contributed by atoms with Crippen molar-refractivity contribution in [3.05, 3.63) is 58.5 Å². The van der Waals surface area contributed by atoms with E-state index in [0.717, 1.165) is 41.7 Å². The maximum absolute atomic E-state index is 12.4. The third-order valence-electron chi connectivity index (χ3n) is 4.51. The van der Waals surface area contributed by atoms with E-state index in [1.54, 1.807) is 6.08 Å². The Bertz CT molecular complexity index is 856. The molecule has 0 bridgehead atoms. The number of nitrogens with one attached hydrogen (secondary N) is 1. The Morgan fingerprint density at radius 3 is 2.81 bits per heavy atom. The normalized spacial score (nSPS) is 12.8. The summed E-state index contributed by atoms with van der Waals surface area (Å²) >= 11 is 1.47. The van der Waals surface area contributed by atoms with Crippen LogP contribution in [0.15, 0.2) is 36.9 Å². The summed E-state index contributed by atoms with van der Waals surface area (Å²) in [4.78, 5) is 25.8. The lowest BCUT2D eigenvalue weighted by Crippen LogP contribution is -2.21. The zero-order chi connectivity index (χ0) is 19.2. The number of aryl methyl sites for hydroxylation is 1. The number of methoxy groups -OCH3 is 1. The fourth-order valence-electron chi connectivity index (χ4n) is 3.25. The molecule has 0 atom stereocenters. The SMILES string of the molecule is C=CCc1ccccc1OCC(=O)Nc1sc2c(c1C(=O)OC)CCCC2. The zero-order valence-corrected chi connectivity index (χ0v) is 16.2. The van der Waals surface area contributed by atoms with Crippen molar-refractivity contribution in [2.75, 3.05) is 19.0 Å². The number of ether oxygens (including phenoxy) is 2. The standard InChI is InChI=1S/C21H23NO4S/c1-3-8-14-9-4-6-11-16(14)26-13-18(23)22-20-19(21(24)25-2)15-10-5-7-12-17(15)27-20/h3-4,6,9,11H,1,5,7-8,10,12-13H2,2H3,(H,22,23). The van der Waals surface area contributed by atoms with Gasteiger partial charge in [-0.3, -0.25) is 4.79 Å². The van der Waals surface area contributed by atoms with E-state index in [4.69, 9.17) is 9.47 Å². The molecule has 0 unspecified atom stereocenters. The van der Waals surface area contributed by atoms with Gasteiger partial charge in [-0.15, -0.1) is 17.9 Å². The summed E-state index contributed by atoms with van der Waals surface area (Å²) in [5, 5.41) is 3.40. The lowest BCUT2D eigenvalue weighted by Gasteiger charge is -2.12. The molecule has 1 aromatic carbocycles. The molecule has 5 nitrogen and oxygen atoms in total. The van der Waals surface area contributed by atoms with E-state index in [0.29, 0.717) is 22.7 Å². The predicted octanol–water partition coefficient (Wildman–Crippen LogP) is 4.16. The lowest BCUT2D eigenvalue weighted by atomic mass is 9.95. The van der Waals surface area contributed by atoms with Gasteiger partial charge in [-0.25, -0.2) is 4.79 Å². The predicted molar refractivity (Wildman–Crippen MR) is 107 cm³/mol. The molecular weight excluding hydrogens is 362 g/mol. The average molecular weight is 385 g/mol. The number of hydrogen-bond acceptors (Lipinski definition) is 5. The fraction of sp³-hybridized carbons (Fsp3) is 0.333. The molecule has 142 valence electrons. The van der Waals surface area contributed by atoms with Gasteiger partial charge < -0.3 is 14.8 Å². The van der Waals surface area contributed by atoms with Crippen LogP contribution in [0.25, 0.3) is 0 Å². The minimum atomic E-state index is -0.401. The van der Waals surface area contributed by atoms with E-state index < -0.39 is 5.97 Å². The first kappa shape index (κ1) is 19.2. The lowest BCUT2D eigenvalue weighted by molar-refractivity contribution is -0.118. The Morgan fingerprint density at radius 1 is 1.26 bits per heavy atom. The van der Waals surface area contributed by atoms with Crippen LogP contribution in [-0.2, 0) is 28.8 Å². The van der Waals surface area contributed by atoms with Gasteiger partial charge in [0.1, 0.15) is 10.8 Å². The van der Waals surface area contributed by atoms with Crippen molar-refractivity contribution in [1.82, 2.24) is 0 Å². The second kappa shape index (κ2) is 8.86. The van der Waals surface area contributed by atoms with E-state index in [9.17, 15) is 9.59 Å². The molecular formula is C21H23NO4S. The zero-order valence-electron chi connectivity index (χ0n) is 15.4. The first-order valence-electron chi connectivity index (χ1n) is 8.98. The number of amides is 1. The van der Waals surface area contributed by atoms with Gasteiger partial charge in [0.05, 0.1) is 12.7 Å². The van der Waals surface area contributed by atoms with Gasteiger partial charge in [-0.1, -0.05) is 24.3 Å². The molecule has 1 aliphatic carbocycles. The van der Waals surface area contributed by atoms with Crippen molar-refractivity contribution in [2.45, 2.75) is 32.1 Å². The molecule has 0 fully saturated rings. The number of allylic oxidation sites excluding steroid dienone is 1. The summed E-state index contributed by atoms with van der Waals surface area (Å²) in [6.07, 6.45) is 6.39. The van der Waals surface area contributed by atoms with E-state index >= 15 is 0 Å². The maximum atomic E-state index is 12.4. The van der Waals surface area contributed by atoms with Crippen LogP contribution >= 0.6 is 11.3 Å².